The zero-order valence-electron chi connectivity index (χ0n) is 33.9. The number of ether oxygens (including phenoxy) is 6. The van der Waals surface area contributed by atoms with Gasteiger partial charge in [-0.2, -0.15) is 0 Å². The van der Waals surface area contributed by atoms with Crippen LogP contribution in [0, 0.1) is 0 Å². The van der Waals surface area contributed by atoms with E-state index in [2.05, 4.69) is 50.3 Å². The molecule has 0 radical (unpaired) electrons. The number of hydrogen-bond donors (Lipinski definition) is 7. The van der Waals surface area contributed by atoms with Crippen molar-refractivity contribution in [3.05, 3.63) is 36.5 Å². The summed E-state index contributed by atoms with van der Waals surface area (Å²) in [6.07, 6.45) is 13.8. The molecule has 0 saturated carbocycles. The normalized spacial score (nSPS) is 29.2. The van der Waals surface area contributed by atoms with E-state index in [4.69, 9.17) is 28.4 Å². The van der Waals surface area contributed by atoms with Crippen LogP contribution in [0.15, 0.2) is 36.5 Å². The number of aliphatic hydroxyl groups excluding tert-OH is 7. The number of esters is 1. The monoisotopic (exact) mass is 803 g/mol. The molecule has 56 heavy (non-hydrogen) atoms. The van der Waals surface area contributed by atoms with Crippen LogP contribution in [-0.2, 0) is 33.2 Å². The van der Waals surface area contributed by atoms with Gasteiger partial charge in [0.25, 0.3) is 0 Å². The van der Waals surface area contributed by atoms with Crippen molar-refractivity contribution in [1.82, 2.24) is 0 Å². The molecule has 2 saturated heterocycles. The molecule has 2 fully saturated rings. The van der Waals surface area contributed by atoms with Crippen molar-refractivity contribution in [3.8, 4) is 0 Å². The Bertz CT molecular complexity index is 1070. The molecule has 11 atom stereocenters. The quantitative estimate of drug-likeness (QED) is 0.0301. The molecule has 0 bridgehead atoms. The predicted octanol–water partition coefficient (Wildman–Crippen LogP) is 3.90. The van der Waals surface area contributed by atoms with E-state index in [0.717, 1.165) is 70.6 Å². The molecule has 11 unspecified atom stereocenters. The Morgan fingerprint density at radius 3 is 1.82 bits per heavy atom. The van der Waals surface area contributed by atoms with Crippen molar-refractivity contribution >= 4 is 5.97 Å². The molecular weight excluding hydrogens is 728 g/mol. The van der Waals surface area contributed by atoms with Gasteiger partial charge in [0, 0.05) is 13.0 Å². The van der Waals surface area contributed by atoms with Gasteiger partial charge in [0.1, 0.15) is 54.9 Å². The first-order valence-corrected chi connectivity index (χ1v) is 21.1. The zero-order valence-corrected chi connectivity index (χ0v) is 33.9. The van der Waals surface area contributed by atoms with Crippen molar-refractivity contribution in [3.63, 3.8) is 0 Å². The van der Waals surface area contributed by atoms with Crippen molar-refractivity contribution < 1.29 is 69.0 Å². The number of aliphatic hydroxyl groups is 7. The highest BCUT2D eigenvalue weighted by molar-refractivity contribution is 5.69. The number of carbonyl (C=O) groups is 1. The van der Waals surface area contributed by atoms with E-state index in [1.807, 2.05) is 0 Å². The topological polar surface area (TPSA) is 214 Å². The molecule has 326 valence electrons. The molecule has 2 aliphatic heterocycles. The first-order valence-electron chi connectivity index (χ1n) is 21.1. The van der Waals surface area contributed by atoms with Gasteiger partial charge in [-0.1, -0.05) is 108 Å². The van der Waals surface area contributed by atoms with E-state index in [0.29, 0.717) is 13.0 Å². The van der Waals surface area contributed by atoms with Gasteiger partial charge in [0.2, 0.25) is 0 Å². The maximum atomic E-state index is 12.9. The summed E-state index contributed by atoms with van der Waals surface area (Å²) in [6, 6.07) is 0. The standard InChI is InChI=1S/C42H74O14/c1-3-5-7-9-11-12-13-14-15-16-17-18-19-21-23-25-34(44)54-31(28-51-26-24-22-20-10-8-6-4-2)29-52-41-40(50)38(48)36(46)33(56-41)30-53-42-39(49)37(47)35(45)32(27-43)55-42/h5,7,11-12,14-15,31-33,35-43,45-50H,3-4,6,8-10,13,16-30H2,1-2H3/b7-5-,12-11-,15-14-. The average Bonchev–Trinajstić information content (AvgIpc) is 3.19. The number of carbonyl (C=O) groups excluding carboxylic acids is 1. The van der Waals surface area contributed by atoms with E-state index in [1.165, 1.54) is 25.7 Å². The molecule has 7 N–H and O–H groups in total. The predicted molar refractivity (Wildman–Crippen MR) is 210 cm³/mol. The highest BCUT2D eigenvalue weighted by Crippen LogP contribution is 2.26. The molecule has 2 heterocycles. The lowest BCUT2D eigenvalue weighted by molar-refractivity contribution is -0.332. The lowest BCUT2D eigenvalue weighted by atomic mass is 9.98. The molecule has 0 aliphatic carbocycles. The summed E-state index contributed by atoms with van der Waals surface area (Å²) in [4.78, 5) is 12.9. The Labute approximate surface area is 334 Å². The van der Waals surface area contributed by atoms with Gasteiger partial charge in [-0.3, -0.25) is 4.79 Å². The Hall–Kier alpha value is -1.79. The highest BCUT2D eigenvalue weighted by Gasteiger charge is 2.47. The zero-order chi connectivity index (χ0) is 41.0. The summed E-state index contributed by atoms with van der Waals surface area (Å²) in [7, 11) is 0. The lowest BCUT2D eigenvalue weighted by Crippen LogP contribution is -2.61. The third-order valence-corrected chi connectivity index (χ3v) is 9.91. The van der Waals surface area contributed by atoms with Crippen LogP contribution >= 0.6 is 0 Å². The second kappa shape index (κ2) is 31.2. The van der Waals surface area contributed by atoms with Crippen LogP contribution in [0.4, 0.5) is 0 Å². The number of unbranched alkanes of at least 4 members (excludes halogenated alkanes) is 11. The molecule has 0 amide bonds. The van der Waals surface area contributed by atoms with Crippen LogP contribution in [0.25, 0.3) is 0 Å². The van der Waals surface area contributed by atoms with Crippen molar-refractivity contribution in [2.45, 2.75) is 191 Å². The van der Waals surface area contributed by atoms with Gasteiger partial charge in [-0.05, 0) is 44.9 Å². The molecule has 0 aromatic rings. The van der Waals surface area contributed by atoms with Crippen LogP contribution < -0.4 is 0 Å². The number of rotatable bonds is 31. The molecule has 0 aromatic heterocycles. The fourth-order valence-corrected chi connectivity index (χ4v) is 6.41. The van der Waals surface area contributed by atoms with Gasteiger partial charge in [0.15, 0.2) is 12.6 Å². The maximum absolute atomic E-state index is 12.9. The van der Waals surface area contributed by atoms with Gasteiger partial charge in [-0.15, -0.1) is 0 Å². The van der Waals surface area contributed by atoms with Gasteiger partial charge in [0.05, 0.1) is 26.4 Å². The summed E-state index contributed by atoms with van der Waals surface area (Å²) in [5, 5.41) is 71.6. The molecule has 2 rings (SSSR count). The van der Waals surface area contributed by atoms with E-state index >= 15 is 0 Å². The Morgan fingerprint density at radius 1 is 0.607 bits per heavy atom. The minimum Gasteiger partial charge on any atom is -0.457 e. The second-order valence-electron chi connectivity index (χ2n) is 14.8. The van der Waals surface area contributed by atoms with Crippen LogP contribution in [0.5, 0.6) is 0 Å². The molecule has 14 heteroatoms. The summed E-state index contributed by atoms with van der Waals surface area (Å²) in [5.74, 6) is -0.398. The fraction of sp³-hybridized carbons (Fsp3) is 0.833. The van der Waals surface area contributed by atoms with Crippen molar-refractivity contribution in [2.24, 2.45) is 0 Å². The third kappa shape index (κ3) is 20.3. The highest BCUT2D eigenvalue weighted by atomic mass is 16.7. The Kier molecular flexibility index (Phi) is 28.0. The van der Waals surface area contributed by atoms with Crippen LogP contribution in [0.3, 0.4) is 0 Å². The number of allylic oxidation sites excluding steroid dienone is 6. The minimum absolute atomic E-state index is 0.0540. The molecular formula is C42H74O14. The molecule has 0 spiro atoms. The molecule has 0 aromatic carbocycles. The third-order valence-electron chi connectivity index (χ3n) is 9.91. The first-order chi connectivity index (χ1) is 27.1. The summed E-state index contributed by atoms with van der Waals surface area (Å²) >= 11 is 0. The Morgan fingerprint density at radius 2 is 1.16 bits per heavy atom. The van der Waals surface area contributed by atoms with E-state index in [-0.39, 0.29) is 19.6 Å². The Balaban J connectivity index is 1.82. The van der Waals surface area contributed by atoms with Gasteiger partial charge < -0.3 is 64.2 Å². The summed E-state index contributed by atoms with van der Waals surface area (Å²) in [5.41, 5.74) is 0. The van der Waals surface area contributed by atoms with Gasteiger partial charge >= 0.3 is 5.97 Å². The first kappa shape index (κ1) is 50.4. The minimum atomic E-state index is -1.71. The molecule has 2 aliphatic rings. The SMILES string of the molecule is CC/C=C\C/C=C\C/C=C\CCCCCCCC(=O)OC(COCCCCCCCCC)COC1OC(COC2OC(CO)C(O)C(O)C2O)C(O)C(O)C1O. The molecule has 14 nitrogen and oxygen atoms in total. The smallest absolute Gasteiger partial charge is 0.306 e. The van der Waals surface area contributed by atoms with E-state index in [9.17, 15) is 40.5 Å². The average molecular weight is 803 g/mol. The maximum Gasteiger partial charge on any atom is 0.306 e. The van der Waals surface area contributed by atoms with Crippen LogP contribution in [-0.4, -0.2) is 142 Å². The summed E-state index contributed by atoms with van der Waals surface area (Å²) in [6.45, 7) is 3.48. The van der Waals surface area contributed by atoms with Gasteiger partial charge in [-0.25, -0.2) is 0 Å². The lowest BCUT2D eigenvalue weighted by Gasteiger charge is -2.42. The summed E-state index contributed by atoms with van der Waals surface area (Å²) < 4.78 is 33.9. The second-order valence-corrected chi connectivity index (χ2v) is 14.8. The number of hydrogen-bond acceptors (Lipinski definition) is 14. The van der Waals surface area contributed by atoms with Crippen molar-refractivity contribution in [1.29, 1.82) is 0 Å². The largest absolute Gasteiger partial charge is 0.457 e. The fourth-order valence-electron chi connectivity index (χ4n) is 6.41. The van der Waals surface area contributed by atoms with Crippen LogP contribution in [0.1, 0.15) is 123 Å². The van der Waals surface area contributed by atoms with E-state index < -0.39 is 86.7 Å². The van der Waals surface area contributed by atoms with E-state index in [1.54, 1.807) is 0 Å². The van der Waals surface area contributed by atoms with Crippen molar-refractivity contribution in [2.75, 3.05) is 33.0 Å². The van der Waals surface area contributed by atoms with Crippen LogP contribution in [0.2, 0.25) is 0 Å².